The van der Waals surface area contributed by atoms with Gasteiger partial charge in [0.2, 0.25) is 0 Å². The molecule has 3 rings (SSSR count). The molecule has 1 N–H and O–H groups in total. The smallest absolute Gasteiger partial charge is 0.0317 e. The van der Waals surface area contributed by atoms with E-state index in [1.165, 1.54) is 38.9 Å². The van der Waals surface area contributed by atoms with E-state index in [9.17, 15) is 0 Å². The summed E-state index contributed by atoms with van der Waals surface area (Å²) in [5.41, 5.74) is 9.67. The molecule has 0 amide bonds. The van der Waals surface area contributed by atoms with Gasteiger partial charge in [-0.05, 0) is 65.8 Å². The highest BCUT2D eigenvalue weighted by molar-refractivity contribution is 5.80. The third kappa shape index (κ3) is 3.99. The van der Waals surface area contributed by atoms with Crippen molar-refractivity contribution < 1.29 is 0 Å². The first-order valence-corrected chi connectivity index (χ1v) is 10.2. The fraction of sp³-hybridized carbons (Fsp3) is 0.308. The Hall–Kier alpha value is -2.38. The Morgan fingerprint density at radius 1 is 0.778 bits per heavy atom. The molecule has 0 bridgehead atoms. The van der Waals surface area contributed by atoms with Gasteiger partial charge in [0.15, 0.2) is 0 Å². The van der Waals surface area contributed by atoms with Gasteiger partial charge in [-0.2, -0.15) is 0 Å². The van der Waals surface area contributed by atoms with Gasteiger partial charge in [0, 0.05) is 6.04 Å². The second-order valence-corrected chi connectivity index (χ2v) is 7.22. The van der Waals surface area contributed by atoms with Crippen LogP contribution in [0.1, 0.15) is 49.4 Å². The molecule has 0 fully saturated rings. The predicted octanol–water partition coefficient (Wildman–Crippen LogP) is 6.95. The minimum atomic E-state index is 0.400. The lowest BCUT2D eigenvalue weighted by molar-refractivity contribution is 0.574. The molecule has 3 aromatic carbocycles. The molecule has 0 heterocycles. The van der Waals surface area contributed by atoms with Crippen molar-refractivity contribution in [1.29, 1.82) is 0 Å². The van der Waals surface area contributed by atoms with E-state index in [1.54, 1.807) is 0 Å². The third-order valence-corrected chi connectivity index (χ3v) is 5.56. The molecule has 0 saturated carbocycles. The topological polar surface area (TPSA) is 12.0 Å². The number of rotatable bonds is 7. The van der Waals surface area contributed by atoms with Crippen molar-refractivity contribution in [1.82, 2.24) is 5.32 Å². The van der Waals surface area contributed by atoms with Crippen LogP contribution in [0.15, 0.2) is 66.7 Å². The lowest BCUT2D eigenvalue weighted by Gasteiger charge is -2.21. The fourth-order valence-corrected chi connectivity index (χ4v) is 4.15. The first-order chi connectivity index (χ1) is 13.2. The molecule has 0 aromatic heterocycles. The van der Waals surface area contributed by atoms with Crippen molar-refractivity contribution in [2.45, 2.75) is 46.1 Å². The van der Waals surface area contributed by atoms with Crippen molar-refractivity contribution in [2.75, 3.05) is 7.05 Å². The summed E-state index contributed by atoms with van der Waals surface area (Å²) in [5, 5.41) is 3.46. The zero-order valence-electron chi connectivity index (χ0n) is 17.0. The Labute approximate surface area is 164 Å². The highest BCUT2D eigenvalue weighted by Gasteiger charge is 2.16. The van der Waals surface area contributed by atoms with E-state index >= 15 is 0 Å². The molecule has 1 atom stereocenters. The van der Waals surface area contributed by atoms with Crippen LogP contribution >= 0.6 is 0 Å². The van der Waals surface area contributed by atoms with Crippen LogP contribution in [-0.2, 0) is 6.42 Å². The first kappa shape index (κ1) is 19.4. The molecule has 140 valence electrons. The van der Waals surface area contributed by atoms with E-state index in [-0.39, 0.29) is 0 Å². The predicted molar refractivity (Wildman–Crippen MR) is 118 cm³/mol. The van der Waals surface area contributed by atoms with E-state index in [1.807, 2.05) is 0 Å². The summed E-state index contributed by atoms with van der Waals surface area (Å²) >= 11 is 0. The van der Waals surface area contributed by atoms with Gasteiger partial charge in [-0.1, -0.05) is 87.0 Å². The lowest BCUT2D eigenvalue weighted by Crippen LogP contribution is -2.16. The molecular weight excluding hydrogens is 326 g/mol. The molecule has 0 aliphatic rings. The summed E-state index contributed by atoms with van der Waals surface area (Å²) in [6, 6.07) is 24.7. The molecule has 1 unspecified atom stereocenters. The van der Waals surface area contributed by atoms with Crippen LogP contribution in [-0.4, -0.2) is 7.05 Å². The van der Waals surface area contributed by atoms with E-state index in [2.05, 4.69) is 99.9 Å². The fourth-order valence-electron chi connectivity index (χ4n) is 4.15. The molecule has 0 aliphatic heterocycles. The van der Waals surface area contributed by atoms with Crippen LogP contribution in [0.2, 0.25) is 0 Å². The van der Waals surface area contributed by atoms with Crippen molar-refractivity contribution in [3.63, 3.8) is 0 Å². The van der Waals surface area contributed by atoms with Crippen molar-refractivity contribution in [3.8, 4) is 22.3 Å². The van der Waals surface area contributed by atoms with Crippen molar-refractivity contribution in [2.24, 2.45) is 0 Å². The van der Waals surface area contributed by atoms with Crippen molar-refractivity contribution in [3.05, 3.63) is 83.4 Å². The molecular formula is C26H31N. The average molecular weight is 358 g/mol. The summed E-state index contributed by atoms with van der Waals surface area (Å²) in [7, 11) is 2.05. The van der Waals surface area contributed by atoms with Crippen LogP contribution in [0.4, 0.5) is 0 Å². The molecule has 0 aliphatic carbocycles. The molecule has 1 nitrogen and oxygen atoms in total. The second kappa shape index (κ2) is 9.01. The van der Waals surface area contributed by atoms with Gasteiger partial charge in [0.1, 0.15) is 0 Å². The Kier molecular flexibility index (Phi) is 6.47. The number of hydrogen-bond acceptors (Lipinski definition) is 1. The Balaban J connectivity index is 2.19. The van der Waals surface area contributed by atoms with Gasteiger partial charge < -0.3 is 5.32 Å². The SMILES string of the molecule is CCCc1c(-c2ccccc2)cccc1-c1cccc(C(CC)NC)c1C. The molecule has 0 radical (unpaired) electrons. The third-order valence-electron chi connectivity index (χ3n) is 5.56. The zero-order valence-corrected chi connectivity index (χ0v) is 17.0. The Bertz CT molecular complexity index is 876. The van der Waals surface area contributed by atoms with Gasteiger partial charge >= 0.3 is 0 Å². The van der Waals surface area contributed by atoms with E-state index < -0.39 is 0 Å². The van der Waals surface area contributed by atoms with Gasteiger partial charge in [-0.3, -0.25) is 0 Å². The highest BCUT2D eigenvalue weighted by atomic mass is 14.9. The lowest BCUT2D eigenvalue weighted by atomic mass is 9.86. The zero-order chi connectivity index (χ0) is 19.2. The van der Waals surface area contributed by atoms with Crippen LogP contribution in [0.3, 0.4) is 0 Å². The molecule has 0 spiro atoms. The Morgan fingerprint density at radius 3 is 2.11 bits per heavy atom. The van der Waals surface area contributed by atoms with E-state index in [0.29, 0.717) is 6.04 Å². The summed E-state index contributed by atoms with van der Waals surface area (Å²) in [6.07, 6.45) is 3.32. The van der Waals surface area contributed by atoms with Crippen LogP contribution < -0.4 is 5.32 Å². The monoisotopic (exact) mass is 357 g/mol. The molecule has 1 heteroatoms. The maximum Gasteiger partial charge on any atom is 0.0317 e. The maximum atomic E-state index is 3.46. The van der Waals surface area contributed by atoms with E-state index in [0.717, 1.165) is 19.3 Å². The van der Waals surface area contributed by atoms with Gasteiger partial charge in [-0.25, -0.2) is 0 Å². The number of hydrogen-bond donors (Lipinski definition) is 1. The average Bonchev–Trinajstić information content (AvgIpc) is 2.71. The van der Waals surface area contributed by atoms with Crippen LogP contribution in [0.5, 0.6) is 0 Å². The standard InChI is InChI=1S/C26H31N/c1-5-12-24-23(20-13-8-7-9-14-20)17-11-18-25(24)21-15-10-16-22(19(21)3)26(6-2)27-4/h7-11,13-18,26-27H,5-6,12H2,1-4H3. The number of benzene rings is 3. The molecule has 27 heavy (non-hydrogen) atoms. The molecule has 3 aromatic rings. The first-order valence-electron chi connectivity index (χ1n) is 10.2. The Morgan fingerprint density at radius 2 is 1.44 bits per heavy atom. The minimum absolute atomic E-state index is 0.400. The summed E-state index contributed by atoms with van der Waals surface area (Å²) < 4.78 is 0. The van der Waals surface area contributed by atoms with Gasteiger partial charge in [0.05, 0.1) is 0 Å². The van der Waals surface area contributed by atoms with Crippen LogP contribution in [0, 0.1) is 6.92 Å². The summed E-state index contributed by atoms with van der Waals surface area (Å²) in [4.78, 5) is 0. The van der Waals surface area contributed by atoms with Crippen LogP contribution in [0.25, 0.3) is 22.3 Å². The maximum absolute atomic E-state index is 3.46. The largest absolute Gasteiger partial charge is 0.313 e. The van der Waals surface area contributed by atoms with Crippen molar-refractivity contribution >= 4 is 0 Å². The number of nitrogens with one attached hydrogen (secondary N) is 1. The summed E-state index contributed by atoms with van der Waals surface area (Å²) in [5.74, 6) is 0. The van der Waals surface area contributed by atoms with E-state index in [4.69, 9.17) is 0 Å². The van der Waals surface area contributed by atoms with Gasteiger partial charge in [-0.15, -0.1) is 0 Å². The quantitative estimate of drug-likeness (QED) is 0.482. The molecule has 0 saturated heterocycles. The second-order valence-electron chi connectivity index (χ2n) is 7.22. The minimum Gasteiger partial charge on any atom is -0.313 e. The normalized spacial score (nSPS) is 12.1. The highest BCUT2D eigenvalue weighted by Crippen LogP contribution is 2.36. The summed E-state index contributed by atoms with van der Waals surface area (Å²) in [6.45, 7) is 6.78. The van der Waals surface area contributed by atoms with Gasteiger partial charge in [0.25, 0.3) is 0 Å².